The monoisotopic (exact) mass is 563 g/mol. The number of piperazine rings is 1. The lowest BCUT2D eigenvalue weighted by molar-refractivity contribution is -0.146. The van der Waals surface area contributed by atoms with Gasteiger partial charge in [0.15, 0.2) is 12.4 Å². The van der Waals surface area contributed by atoms with Crippen LogP contribution in [0.3, 0.4) is 0 Å². The lowest BCUT2D eigenvalue weighted by Gasteiger charge is -2.35. The van der Waals surface area contributed by atoms with Gasteiger partial charge in [-0.2, -0.15) is 4.98 Å². The van der Waals surface area contributed by atoms with Crippen molar-refractivity contribution in [2.24, 2.45) is 0 Å². The Balaban J connectivity index is 1.14. The van der Waals surface area contributed by atoms with Crippen LogP contribution in [0.2, 0.25) is 5.02 Å². The molecule has 40 heavy (non-hydrogen) atoms. The number of anilines is 4. The van der Waals surface area contributed by atoms with E-state index in [1.807, 2.05) is 30.5 Å². The normalized spacial score (nSPS) is 18.5. The third-order valence-corrected chi connectivity index (χ3v) is 7.58. The predicted molar refractivity (Wildman–Crippen MR) is 149 cm³/mol. The van der Waals surface area contributed by atoms with Gasteiger partial charge in [-0.25, -0.2) is 4.98 Å². The number of halogens is 1. The second kappa shape index (κ2) is 11.6. The van der Waals surface area contributed by atoms with Crippen LogP contribution >= 0.6 is 11.6 Å². The van der Waals surface area contributed by atoms with Crippen LogP contribution in [0.15, 0.2) is 42.9 Å². The van der Waals surface area contributed by atoms with E-state index in [0.717, 1.165) is 41.8 Å². The molecule has 1 atom stereocenters. The van der Waals surface area contributed by atoms with Crippen molar-refractivity contribution in [1.29, 1.82) is 0 Å². The first-order chi connectivity index (χ1) is 19.5. The topological polar surface area (TPSA) is 122 Å². The third-order valence-electron chi connectivity index (χ3n) is 7.30. The fraction of sp³-hybridized carbons (Fsp3) is 0.393. The smallest absolute Gasteiger partial charge is 0.260 e. The molecule has 0 aliphatic carbocycles. The first kappa shape index (κ1) is 26.3. The molecule has 3 aromatic rings. The number of carbonyl (C=O) groups is 2. The molecule has 6 rings (SSSR count). The number of hydrogen-bond acceptors (Lipinski definition) is 9. The number of aromatic nitrogens is 3. The lowest BCUT2D eigenvalue weighted by Crippen LogP contribution is -2.53. The number of nitrogens with zero attached hydrogens (tertiary/aromatic N) is 5. The average Bonchev–Trinajstić information content (AvgIpc) is 3.52. The molecule has 1 aromatic carbocycles. The third kappa shape index (κ3) is 5.95. The fourth-order valence-corrected chi connectivity index (χ4v) is 5.27. The summed E-state index contributed by atoms with van der Waals surface area (Å²) in [4.78, 5) is 42.3. The van der Waals surface area contributed by atoms with E-state index >= 15 is 0 Å². The molecule has 2 N–H and O–H groups in total. The molecular weight excluding hydrogens is 534 g/mol. The highest BCUT2D eigenvalue weighted by Gasteiger charge is 2.31. The van der Waals surface area contributed by atoms with Gasteiger partial charge in [0.2, 0.25) is 5.95 Å². The lowest BCUT2D eigenvalue weighted by atomic mass is 10.0. The second-order valence-corrected chi connectivity index (χ2v) is 10.4. The SMILES string of the molecule is O=C(COc1ccc2cc1CCc1cncc(c1)Nc1ncc(Cl)c(n1)N2)N1CCN(C(=O)C2CCCO2)CC1. The maximum Gasteiger partial charge on any atom is 0.260 e. The fourth-order valence-electron chi connectivity index (χ4n) is 5.13. The van der Waals surface area contributed by atoms with E-state index < -0.39 is 0 Å². The number of nitrogens with one attached hydrogen (secondary N) is 2. The molecule has 2 fully saturated rings. The summed E-state index contributed by atoms with van der Waals surface area (Å²) in [5.74, 6) is 1.44. The number of ether oxygens (including phenoxy) is 2. The van der Waals surface area contributed by atoms with Gasteiger partial charge in [0.1, 0.15) is 16.9 Å². The summed E-state index contributed by atoms with van der Waals surface area (Å²) in [5.41, 5.74) is 3.54. The molecule has 2 amide bonds. The molecule has 3 aliphatic rings. The zero-order valence-corrected chi connectivity index (χ0v) is 22.7. The van der Waals surface area contributed by atoms with E-state index in [9.17, 15) is 9.59 Å². The summed E-state index contributed by atoms with van der Waals surface area (Å²) >= 11 is 6.36. The minimum Gasteiger partial charge on any atom is -0.483 e. The molecule has 208 valence electrons. The number of hydrogen-bond donors (Lipinski definition) is 2. The molecule has 5 heterocycles. The largest absolute Gasteiger partial charge is 0.483 e. The van der Waals surface area contributed by atoms with E-state index in [-0.39, 0.29) is 24.5 Å². The van der Waals surface area contributed by atoms with Gasteiger partial charge in [-0.3, -0.25) is 14.6 Å². The molecule has 0 spiro atoms. The molecule has 2 saturated heterocycles. The summed E-state index contributed by atoms with van der Waals surface area (Å²) in [5, 5.41) is 6.83. The standard InChI is InChI=1S/C28H30ClN7O4/c29-22-16-31-28-33-21-12-18(14-30-15-21)3-4-19-13-20(32-26(22)34-28)5-6-23(19)40-17-25(37)35-7-9-36(10-8-35)27(38)24-2-1-11-39-24/h5-6,12-16,24H,1-4,7-11,17H2,(H2,31,32,33,34). The van der Waals surface area contributed by atoms with Crippen LogP contribution in [0.4, 0.5) is 23.1 Å². The van der Waals surface area contributed by atoms with E-state index in [4.69, 9.17) is 21.1 Å². The Morgan fingerprint density at radius 3 is 2.70 bits per heavy atom. The van der Waals surface area contributed by atoms with Crippen LogP contribution in [0.1, 0.15) is 24.0 Å². The Kier molecular flexibility index (Phi) is 7.65. The molecule has 2 aromatic heterocycles. The molecule has 12 heteroatoms. The van der Waals surface area contributed by atoms with Gasteiger partial charge in [-0.1, -0.05) is 11.6 Å². The Labute approximate surface area is 236 Å². The maximum atomic E-state index is 13.0. The molecule has 0 saturated carbocycles. The molecule has 11 nitrogen and oxygen atoms in total. The van der Waals surface area contributed by atoms with Crippen LogP contribution in [0, 0.1) is 0 Å². The molecule has 3 aliphatic heterocycles. The molecule has 6 bridgehead atoms. The molecule has 1 unspecified atom stereocenters. The van der Waals surface area contributed by atoms with Crippen molar-refractivity contribution in [1.82, 2.24) is 24.8 Å². The highest BCUT2D eigenvalue weighted by molar-refractivity contribution is 6.32. The number of aryl methyl sites for hydroxylation is 2. The van der Waals surface area contributed by atoms with Gasteiger partial charge >= 0.3 is 0 Å². The number of carbonyl (C=O) groups excluding carboxylic acids is 2. The van der Waals surface area contributed by atoms with Crippen LogP contribution < -0.4 is 15.4 Å². The van der Waals surface area contributed by atoms with Crippen molar-refractivity contribution >= 4 is 46.6 Å². The van der Waals surface area contributed by atoms with Crippen molar-refractivity contribution < 1.29 is 19.1 Å². The van der Waals surface area contributed by atoms with Gasteiger partial charge in [-0.15, -0.1) is 0 Å². The Bertz CT molecular complexity index is 1410. The van der Waals surface area contributed by atoms with E-state index in [2.05, 4.69) is 25.6 Å². The van der Waals surface area contributed by atoms with Crippen LogP contribution in [-0.2, 0) is 27.2 Å². The van der Waals surface area contributed by atoms with Crippen molar-refractivity contribution in [2.45, 2.75) is 31.8 Å². The van der Waals surface area contributed by atoms with Gasteiger partial charge in [0, 0.05) is 44.7 Å². The highest BCUT2D eigenvalue weighted by atomic mass is 35.5. The van der Waals surface area contributed by atoms with Crippen LogP contribution in [0.25, 0.3) is 0 Å². The van der Waals surface area contributed by atoms with Gasteiger partial charge < -0.3 is 29.9 Å². The minimum absolute atomic E-state index is 0.0329. The zero-order chi connectivity index (χ0) is 27.5. The Hall–Kier alpha value is -3.96. The highest BCUT2D eigenvalue weighted by Crippen LogP contribution is 2.30. The Morgan fingerprint density at radius 2 is 1.88 bits per heavy atom. The second-order valence-electron chi connectivity index (χ2n) is 10.0. The van der Waals surface area contributed by atoms with Gasteiger partial charge in [0.05, 0.1) is 18.1 Å². The number of amides is 2. The Morgan fingerprint density at radius 1 is 1.02 bits per heavy atom. The number of benzene rings is 1. The first-order valence-corrected chi connectivity index (χ1v) is 13.8. The van der Waals surface area contributed by atoms with E-state index in [1.165, 1.54) is 0 Å². The van der Waals surface area contributed by atoms with Crippen molar-refractivity contribution in [3.8, 4) is 5.75 Å². The maximum absolute atomic E-state index is 13.0. The van der Waals surface area contributed by atoms with Crippen LogP contribution in [0.5, 0.6) is 5.75 Å². The average molecular weight is 564 g/mol. The predicted octanol–water partition coefficient (Wildman–Crippen LogP) is 3.34. The number of rotatable bonds is 4. The quantitative estimate of drug-likeness (QED) is 0.492. The minimum atomic E-state index is -0.332. The summed E-state index contributed by atoms with van der Waals surface area (Å²) in [6.07, 6.45) is 7.83. The summed E-state index contributed by atoms with van der Waals surface area (Å²) in [6, 6.07) is 7.71. The molecular formula is C28H30ClN7O4. The summed E-state index contributed by atoms with van der Waals surface area (Å²) in [6.45, 7) is 2.53. The number of fused-ring (bicyclic) bond motifs is 6. The van der Waals surface area contributed by atoms with Crippen LogP contribution in [-0.4, -0.2) is 82.1 Å². The van der Waals surface area contributed by atoms with Crippen molar-refractivity contribution in [2.75, 3.05) is 50.0 Å². The van der Waals surface area contributed by atoms with Crippen molar-refractivity contribution in [3.63, 3.8) is 0 Å². The van der Waals surface area contributed by atoms with Gasteiger partial charge in [0.25, 0.3) is 11.8 Å². The summed E-state index contributed by atoms with van der Waals surface area (Å²) < 4.78 is 11.6. The van der Waals surface area contributed by atoms with Gasteiger partial charge in [-0.05, 0) is 61.1 Å². The summed E-state index contributed by atoms with van der Waals surface area (Å²) in [7, 11) is 0. The van der Waals surface area contributed by atoms with Crippen molar-refractivity contribution in [3.05, 3.63) is 59.0 Å². The van der Waals surface area contributed by atoms with E-state index in [1.54, 1.807) is 22.2 Å². The zero-order valence-electron chi connectivity index (χ0n) is 21.9. The number of pyridine rings is 1. The first-order valence-electron chi connectivity index (χ1n) is 13.5. The molecule has 0 radical (unpaired) electrons. The van der Waals surface area contributed by atoms with E-state index in [0.29, 0.717) is 61.7 Å².